The van der Waals surface area contributed by atoms with Gasteiger partial charge in [-0.2, -0.15) is 0 Å². The number of rotatable bonds is 28. The van der Waals surface area contributed by atoms with Crippen molar-refractivity contribution in [2.45, 2.75) is 66.5 Å². The van der Waals surface area contributed by atoms with Gasteiger partial charge >= 0.3 is 29.8 Å². The van der Waals surface area contributed by atoms with Gasteiger partial charge in [-0.05, 0) is 66.5 Å². The molecule has 5 aromatic carbocycles. The number of hydrogen-bond donors (Lipinski definition) is 4. The Hall–Kier alpha value is -6.75. The lowest BCUT2D eigenvalue weighted by Gasteiger charge is -2.28. The molecule has 0 spiro atoms. The summed E-state index contributed by atoms with van der Waals surface area (Å²) >= 11 is 0. The zero-order chi connectivity index (χ0) is 52.2. The minimum atomic E-state index is -2.98. The molecule has 2 amide bonds. The van der Waals surface area contributed by atoms with Gasteiger partial charge < -0.3 is 56.6 Å². The molecule has 0 saturated heterocycles. The van der Waals surface area contributed by atoms with Crippen LogP contribution in [0.4, 0.5) is 9.59 Å². The number of nitrogens with one attached hydrogen (secondary N) is 4. The summed E-state index contributed by atoms with van der Waals surface area (Å²) in [4.78, 5) is 45.7. The summed E-state index contributed by atoms with van der Waals surface area (Å²) in [6, 6.07) is 43.6. The van der Waals surface area contributed by atoms with Gasteiger partial charge in [0.25, 0.3) is 0 Å². The Morgan fingerprint density at radius 3 is 1.04 bits per heavy atom. The van der Waals surface area contributed by atoms with Crippen LogP contribution in [0, 0.1) is 0 Å². The van der Waals surface area contributed by atoms with Crippen LogP contribution in [0.5, 0.6) is 11.5 Å². The molecule has 0 aliphatic carbocycles. The molecule has 16 nitrogen and oxygen atoms in total. The Morgan fingerprint density at radius 1 is 0.446 bits per heavy atom. The molecule has 0 atom stereocenters. The van der Waals surface area contributed by atoms with Crippen molar-refractivity contribution in [3.8, 4) is 79.3 Å². The highest BCUT2D eigenvalue weighted by molar-refractivity contribution is 6.61. The van der Waals surface area contributed by atoms with Crippen molar-refractivity contribution in [2.75, 3.05) is 52.7 Å². The summed E-state index contributed by atoms with van der Waals surface area (Å²) in [6.07, 6.45) is -0.441. The maximum absolute atomic E-state index is 14.1. The van der Waals surface area contributed by atoms with Crippen LogP contribution in [-0.2, 0) is 26.6 Å². The largest absolute Gasteiger partial charge is 0.500 e. The number of H-pyrrole nitrogens is 2. The number of benzene rings is 5. The van der Waals surface area contributed by atoms with E-state index in [1.165, 1.54) is 0 Å². The first-order chi connectivity index (χ1) is 36.2. The van der Waals surface area contributed by atoms with Gasteiger partial charge in [0.15, 0.2) is 0 Å². The number of aromatic amines is 2. The number of ether oxygens (including phenoxy) is 2. The first-order valence-corrected chi connectivity index (χ1v) is 29.4. The Bertz CT molecular complexity index is 2500. The molecule has 7 aromatic rings. The van der Waals surface area contributed by atoms with Crippen LogP contribution in [0.15, 0.2) is 133 Å². The fraction of sp³-hybridized carbons (Fsp3) is 0.321. The third-order valence-corrected chi connectivity index (χ3v) is 18.0. The fourth-order valence-electron chi connectivity index (χ4n) is 8.60. The highest BCUT2D eigenvalue weighted by atomic mass is 28.4. The van der Waals surface area contributed by atoms with Gasteiger partial charge in [0.05, 0.1) is 33.9 Å². The highest BCUT2D eigenvalue weighted by Gasteiger charge is 2.41. The standard InChI is InChI=1S/C56H68N6O10Si2/c1-7-65-73(66-8-2,67-9-3)37-25-35-57-55(63)71-47-39-46(54-61-51(43-31-21-15-22-32-43)52(62-54)44-33-23-16-24-34-44)48(72-56(64)58-36-26-38-74(68-10-4,69-11-5)70-12-6)40-45(47)53-59-49(41-27-17-13-18-28-41)50(60-53)42-29-19-14-20-30-42/h13-24,27-34,39-40H,7-12,25-26,35-38H2,1-6H3,(H,57,63)(H,58,64)(H,59,60)(H,61,62). The van der Waals surface area contributed by atoms with Crippen LogP contribution in [0.25, 0.3) is 67.8 Å². The molecule has 0 unspecified atom stereocenters. The lowest BCUT2D eigenvalue weighted by molar-refractivity contribution is 0.0700. The number of amides is 2. The zero-order valence-corrected chi connectivity index (χ0v) is 45.2. The monoisotopic (exact) mass is 1040 g/mol. The molecule has 2 heterocycles. The van der Waals surface area contributed by atoms with E-state index < -0.39 is 29.8 Å². The van der Waals surface area contributed by atoms with Gasteiger partial charge in [-0.3, -0.25) is 0 Å². The second kappa shape index (κ2) is 27.5. The molecule has 0 aliphatic heterocycles. The maximum atomic E-state index is 14.1. The van der Waals surface area contributed by atoms with Gasteiger partial charge in [0.1, 0.15) is 23.1 Å². The van der Waals surface area contributed by atoms with Crippen LogP contribution >= 0.6 is 0 Å². The molecule has 0 radical (unpaired) electrons. The normalized spacial score (nSPS) is 11.6. The molecule has 0 fully saturated rings. The minimum absolute atomic E-state index is 0.114. The Labute approximate surface area is 436 Å². The number of nitrogens with zero attached hydrogens (tertiary/aromatic N) is 2. The van der Waals surface area contributed by atoms with Crippen LogP contribution in [-0.4, -0.2) is 102 Å². The smallest absolute Gasteiger partial charge is 0.410 e. The van der Waals surface area contributed by atoms with Crippen molar-refractivity contribution in [3.63, 3.8) is 0 Å². The van der Waals surface area contributed by atoms with Crippen LogP contribution in [0.2, 0.25) is 12.1 Å². The average molecular weight is 1040 g/mol. The van der Waals surface area contributed by atoms with Crippen LogP contribution in [0.3, 0.4) is 0 Å². The SMILES string of the molecule is CCO[Si](CCCNC(=O)Oc1cc(-c2nc(-c3ccccc3)c(-c3ccccc3)[nH]2)c(OC(=O)NCCC[Si](OCC)(OCC)OCC)cc1-c1nc(-c2ccccc2)c(-c2ccccc2)[nH]1)(OCC)OCC. The minimum Gasteiger partial charge on any atom is -0.410 e. The van der Waals surface area contributed by atoms with Gasteiger partial charge in [-0.15, -0.1) is 0 Å². The molecular weight excluding hydrogens is 973 g/mol. The maximum Gasteiger partial charge on any atom is 0.500 e. The van der Waals surface area contributed by atoms with Gasteiger partial charge in [-0.25, -0.2) is 19.6 Å². The third kappa shape index (κ3) is 14.3. The van der Waals surface area contributed by atoms with Crippen molar-refractivity contribution in [1.82, 2.24) is 30.6 Å². The van der Waals surface area contributed by atoms with Crippen molar-refractivity contribution < 1.29 is 45.6 Å². The zero-order valence-electron chi connectivity index (χ0n) is 43.2. The van der Waals surface area contributed by atoms with E-state index in [1.54, 1.807) is 12.1 Å². The van der Waals surface area contributed by atoms with Gasteiger partial charge in [0, 0.05) is 87.1 Å². The number of hydrogen-bond acceptors (Lipinski definition) is 12. The number of aromatic nitrogens is 4. The van der Waals surface area contributed by atoms with Crippen molar-refractivity contribution in [2.24, 2.45) is 0 Å². The molecule has 390 valence electrons. The summed E-state index contributed by atoms with van der Waals surface area (Å²) in [7, 11) is -5.95. The first kappa shape index (κ1) is 55.0. The van der Waals surface area contributed by atoms with Gasteiger partial charge in [-0.1, -0.05) is 121 Å². The topological polar surface area (TPSA) is 189 Å². The molecule has 7 rings (SSSR count). The van der Waals surface area contributed by atoms with E-state index >= 15 is 0 Å². The molecule has 0 aliphatic rings. The molecule has 0 saturated carbocycles. The number of carbonyl (C=O) groups is 2. The lowest BCUT2D eigenvalue weighted by Crippen LogP contribution is -2.46. The fourth-order valence-corrected chi connectivity index (χ4v) is 13.8. The van der Waals surface area contributed by atoms with Gasteiger partial charge in [0.2, 0.25) is 0 Å². The predicted octanol–water partition coefficient (Wildman–Crippen LogP) is 12.2. The molecular formula is C56H68N6O10Si2. The van der Waals surface area contributed by atoms with Crippen LogP contribution < -0.4 is 20.1 Å². The summed E-state index contributed by atoms with van der Waals surface area (Å²) in [5.41, 5.74) is 6.92. The summed E-state index contributed by atoms with van der Waals surface area (Å²) in [6.45, 7) is 14.6. The van der Waals surface area contributed by atoms with Crippen molar-refractivity contribution in [3.05, 3.63) is 133 Å². The van der Waals surface area contributed by atoms with E-state index in [1.807, 2.05) is 163 Å². The lowest BCUT2D eigenvalue weighted by atomic mass is 10.1. The summed E-state index contributed by atoms with van der Waals surface area (Å²) < 4.78 is 49.0. The number of imidazole rings is 2. The molecule has 74 heavy (non-hydrogen) atoms. The highest BCUT2D eigenvalue weighted by Crippen LogP contribution is 2.44. The predicted molar refractivity (Wildman–Crippen MR) is 292 cm³/mol. The summed E-state index contributed by atoms with van der Waals surface area (Å²) in [5.74, 6) is 0.925. The molecule has 4 N–H and O–H groups in total. The Balaban J connectivity index is 1.33. The third-order valence-electron chi connectivity index (χ3n) is 11.7. The second-order valence-electron chi connectivity index (χ2n) is 16.7. The first-order valence-electron chi connectivity index (χ1n) is 25.5. The molecule has 0 bridgehead atoms. The van der Waals surface area contributed by atoms with E-state index in [2.05, 4.69) is 20.6 Å². The quantitative estimate of drug-likeness (QED) is 0.0269. The number of carbonyl (C=O) groups excluding carboxylic acids is 2. The molecule has 18 heteroatoms. The van der Waals surface area contributed by atoms with Crippen molar-refractivity contribution >= 4 is 29.8 Å². The Kier molecular flexibility index (Phi) is 20.5. The van der Waals surface area contributed by atoms with E-state index in [-0.39, 0.29) is 24.6 Å². The van der Waals surface area contributed by atoms with Crippen molar-refractivity contribution in [1.29, 1.82) is 0 Å². The summed E-state index contributed by atoms with van der Waals surface area (Å²) in [5, 5.41) is 5.85. The van der Waals surface area contributed by atoms with Crippen LogP contribution in [0.1, 0.15) is 54.4 Å². The van der Waals surface area contributed by atoms with E-state index in [0.717, 1.165) is 33.6 Å². The van der Waals surface area contributed by atoms with E-state index in [4.69, 9.17) is 46.0 Å². The van der Waals surface area contributed by atoms with E-state index in [0.29, 0.717) is 98.7 Å². The Morgan fingerprint density at radius 2 is 0.743 bits per heavy atom. The second-order valence-corrected chi connectivity index (χ2v) is 22.2. The van der Waals surface area contributed by atoms with E-state index in [9.17, 15) is 9.59 Å². The molecule has 2 aromatic heterocycles. The average Bonchev–Trinajstić information content (AvgIpc) is 4.07.